The minimum atomic E-state index is -0.787. The molecule has 0 aromatic heterocycles. The summed E-state index contributed by atoms with van der Waals surface area (Å²) in [5.74, 6) is 0.654. The lowest BCUT2D eigenvalue weighted by Gasteiger charge is -2.13. The molecule has 18 heavy (non-hydrogen) atoms. The first-order valence-electron chi connectivity index (χ1n) is 5.93. The Labute approximate surface area is 111 Å². The van der Waals surface area contributed by atoms with Gasteiger partial charge >= 0.3 is 5.97 Å². The second kappa shape index (κ2) is 5.63. The van der Waals surface area contributed by atoms with Crippen molar-refractivity contribution >= 4 is 17.7 Å². The third-order valence-corrected chi connectivity index (χ3v) is 3.90. The molecule has 0 amide bonds. The maximum Gasteiger partial charge on any atom is 0.321 e. The molecule has 98 valence electrons. The number of nitrogens with one attached hydrogen (secondary N) is 1. The second-order valence-electron chi connectivity index (χ2n) is 4.51. The fraction of sp³-hybridized carbons (Fsp3) is 0.462. The minimum Gasteiger partial charge on any atom is -0.491 e. The molecule has 0 bridgehead atoms. The average Bonchev–Trinajstić information content (AvgIpc) is 2.78. The zero-order valence-corrected chi connectivity index (χ0v) is 11.2. The highest BCUT2D eigenvalue weighted by molar-refractivity contribution is 7.99. The maximum atomic E-state index is 10.9. The number of benzene rings is 1. The Kier molecular flexibility index (Phi) is 4.14. The van der Waals surface area contributed by atoms with E-state index in [0.717, 1.165) is 11.3 Å². The van der Waals surface area contributed by atoms with Crippen molar-refractivity contribution in [2.24, 2.45) is 0 Å². The van der Waals surface area contributed by atoms with Gasteiger partial charge in [-0.2, -0.15) is 0 Å². The summed E-state index contributed by atoms with van der Waals surface area (Å²) in [5, 5.41) is 12.1. The molecule has 1 aromatic carbocycles. The summed E-state index contributed by atoms with van der Waals surface area (Å²) in [7, 11) is 0. The molecule has 1 heterocycles. The zero-order chi connectivity index (χ0) is 13.1. The smallest absolute Gasteiger partial charge is 0.321 e. The summed E-state index contributed by atoms with van der Waals surface area (Å²) in [4.78, 5) is 10.9. The molecule has 0 spiro atoms. The van der Waals surface area contributed by atoms with Gasteiger partial charge in [-0.25, -0.2) is 0 Å². The highest BCUT2D eigenvalue weighted by atomic mass is 32.2. The summed E-state index contributed by atoms with van der Waals surface area (Å²) < 4.78 is 5.57. The largest absolute Gasteiger partial charge is 0.491 e. The van der Waals surface area contributed by atoms with Crippen molar-refractivity contribution in [3.63, 3.8) is 0 Å². The van der Waals surface area contributed by atoms with Crippen molar-refractivity contribution in [1.82, 2.24) is 5.32 Å². The number of carboxylic acids is 1. The molecule has 1 aromatic rings. The zero-order valence-electron chi connectivity index (χ0n) is 10.4. The van der Waals surface area contributed by atoms with E-state index in [1.54, 1.807) is 11.8 Å². The Balaban J connectivity index is 2.00. The Morgan fingerprint density at radius 1 is 1.44 bits per heavy atom. The quantitative estimate of drug-likeness (QED) is 0.876. The number of carbonyl (C=O) groups is 1. The lowest BCUT2D eigenvalue weighted by atomic mass is 10.2. The number of carboxylic acid groups (broad SMARTS) is 1. The minimum absolute atomic E-state index is 0.0548. The normalized spacial score (nSPS) is 23.3. The van der Waals surface area contributed by atoms with Crippen molar-refractivity contribution in [3.05, 3.63) is 29.8 Å². The van der Waals surface area contributed by atoms with Gasteiger partial charge in [0.25, 0.3) is 0 Å². The lowest BCUT2D eigenvalue weighted by molar-refractivity contribution is -0.138. The van der Waals surface area contributed by atoms with Crippen LogP contribution in [0.1, 0.15) is 24.8 Å². The fourth-order valence-electron chi connectivity index (χ4n) is 1.80. The van der Waals surface area contributed by atoms with E-state index < -0.39 is 12.0 Å². The number of hydrogen-bond donors (Lipinski definition) is 2. The number of aliphatic carboxylic acids is 1. The molecule has 0 aliphatic carbocycles. The first-order valence-corrected chi connectivity index (χ1v) is 6.98. The van der Waals surface area contributed by atoms with Crippen LogP contribution in [0.15, 0.2) is 24.3 Å². The van der Waals surface area contributed by atoms with Crippen LogP contribution in [0.3, 0.4) is 0 Å². The van der Waals surface area contributed by atoms with E-state index in [1.165, 1.54) is 0 Å². The van der Waals surface area contributed by atoms with Crippen LogP contribution < -0.4 is 10.1 Å². The van der Waals surface area contributed by atoms with Crippen molar-refractivity contribution in [2.45, 2.75) is 31.4 Å². The van der Waals surface area contributed by atoms with E-state index in [4.69, 9.17) is 9.84 Å². The van der Waals surface area contributed by atoms with Crippen LogP contribution in [-0.4, -0.2) is 29.0 Å². The monoisotopic (exact) mass is 267 g/mol. The third-order valence-electron chi connectivity index (χ3n) is 2.63. The van der Waals surface area contributed by atoms with Gasteiger partial charge in [-0.15, -0.1) is 11.8 Å². The van der Waals surface area contributed by atoms with Gasteiger partial charge in [0.15, 0.2) is 0 Å². The van der Waals surface area contributed by atoms with Crippen molar-refractivity contribution < 1.29 is 14.6 Å². The Bertz CT molecular complexity index is 419. The summed E-state index contributed by atoms with van der Waals surface area (Å²) in [5.41, 5.74) is 1.08. The SMILES string of the molecule is CC(C)Oc1ccc(C2N[C@@H](C(=O)O)CS2)cc1. The van der Waals surface area contributed by atoms with Crippen LogP contribution in [0.4, 0.5) is 0 Å². The van der Waals surface area contributed by atoms with Gasteiger partial charge in [0.1, 0.15) is 11.8 Å². The number of hydrogen-bond acceptors (Lipinski definition) is 4. The summed E-state index contributed by atoms with van der Waals surface area (Å²) in [6.45, 7) is 3.97. The van der Waals surface area contributed by atoms with Crippen LogP contribution in [-0.2, 0) is 4.79 Å². The lowest BCUT2D eigenvalue weighted by Crippen LogP contribution is -2.33. The number of ether oxygens (including phenoxy) is 1. The molecular weight excluding hydrogens is 250 g/mol. The molecule has 2 atom stereocenters. The van der Waals surface area contributed by atoms with E-state index >= 15 is 0 Å². The van der Waals surface area contributed by atoms with E-state index in [1.807, 2.05) is 38.1 Å². The molecule has 0 radical (unpaired) electrons. The molecule has 0 saturated carbocycles. The summed E-state index contributed by atoms with van der Waals surface area (Å²) in [6, 6.07) is 7.35. The van der Waals surface area contributed by atoms with Gasteiger partial charge in [0.2, 0.25) is 0 Å². The van der Waals surface area contributed by atoms with E-state index in [-0.39, 0.29) is 11.5 Å². The Morgan fingerprint density at radius 3 is 2.61 bits per heavy atom. The molecule has 1 aliphatic rings. The molecule has 1 unspecified atom stereocenters. The number of thioether (sulfide) groups is 1. The van der Waals surface area contributed by atoms with Crippen LogP contribution in [0, 0.1) is 0 Å². The standard InChI is InChI=1S/C13H17NO3S/c1-8(2)17-10-5-3-9(4-6-10)12-14-11(7-18-12)13(15)16/h3-6,8,11-12,14H,7H2,1-2H3,(H,15,16)/t11-,12?/m1/s1. The summed E-state index contributed by atoms with van der Waals surface area (Å²) in [6.07, 6.45) is 0.159. The first-order chi connectivity index (χ1) is 8.56. The fourth-order valence-corrected chi connectivity index (χ4v) is 3.03. The van der Waals surface area contributed by atoms with Crippen molar-refractivity contribution in [3.8, 4) is 5.75 Å². The van der Waals surface area contributed by atoms with Crippen molar-refractivity contribution in [2.75, 3.05) is 5.75 Å². The van der Waals surface area contributed by atoms with E-state index in [0.29, 0.717) is 5.75 Å². The van der Waals surface area contributed by atoms with Gasteiger partial charge in [-0.1, -0.05) is 12.1 Å². The maximum absolute atomic E-state index is 10.9. The molecule has 2 N–H and O–H groups in total. The third kappa shape index (κ3) is 3.17. The molecule has 5 heteroatoms. The molecule has 1 aliphatic heterocycles. The van der Waals surface area contributed by atoms with Crippen LogP contribution in [0.2, 0.25) is 0 Å². The second-order valence-corrected chi connectivity index (χ2v) is 5.64. The van der Waals surface area contributed by atoms with Crippen LogP contribution >= 0.6 is 11.8 Å². The van der Waals surface area contributed by atoms with Crippen LogP contribution in [0.25, 0.3) is 0 Å². The highest BCUT2D eigenvalue weighted by Gasteiger charge is 2.30. The van der Waals surface area contributed by atoms with Gasteiger partial charge in [-0.3, -0.25) is 10.1 Å². The topological polar surface area (TPSA) is 58.6 Å². The Morgan fingerprint density at radius 2 is 2.11 bits per heavy atom. The number of rotatable bonds is 4. The van der Waals surface area contributed by atoms with Crippen LogP contribution in [0.5, 0.6) is 5.75 Å². The van der Waals surface area contributed by atoms with Crippen molar-refractivity contribution in [1.29, 1.82) is 0 Å². The van der Waals surface area contributed by atoms with Gasteiger partial charge in [0.05, 0.1) is 11.5 Å². The molecule has 1 fully saturated rings. The van der Waals surface area contributed by atoms with Gasteiger partial charge in [0, 0.05) is 5.75 Å². The Hall–Kier alpha value is -1.20. The average molecular weight is 267 g/mol. The first kappa shape index (κ1) is 13.2. The van der Waals surface area contributed by atoms with E-state index in [2.05, 4.69) is 5.32 Å². The highest BCUT2D eigenvalue weighted by Crippen LogP contribution is 2.33. The molecule has 4 nitrogen and oxygen atoms in total. The van der Waals surface area contributed by atoms with Gasteiger partial charge < -0.3 is 9.84 Å². The molecular formula is C13H17NO3S. The predicted molar refractivity (Wildman–Crippen MR) is 72.0 cm³/mol. The molecule has 1 saturated heterocycles. The van der Waals surface area contributed by atoms with E-state index in [9.17, 15) is 4.79 Å². The summed E-state index contributed by atoms with van der Waals surface area (Å²) >= 11 is 1.62. The predicted octanol–water partition coefficient (Wildman–Crippen LogP) is 2.26. The molecule has 2 rings (SSSR count). The van der Waals surface area contributed by atoms with Gasteiger partial charge in [-0.05, 0) is 31.5 Å².